The number of benzene rings is 1. The Morgan fingerprint density at radius 1 is 1.35 bits per heavy atom. The summed E-state index contributed by atoms with van der Waals surface area (Å²) in [5, 5.41) is 13.8. The summed E-state index contributed by atoms with van der Waals surface area (Å²) in [5.74, 6) is 1.34. The molecule has 0 spiro atoms. The molecule has 3 unspecified atom stereocenters. The molecular formula is C15H18N2O3. The standard InChI is InChI=1S/C15H18N2O3/c1-9-13(3-2-4-14(9)17(19)20)16-15(18)12-8-10-5-6-11(12)7-10/h2-4,10-12H,5-8H2,1H3,(H,16,18). The van der Waals surface area contributed by atoms with Crippen LogP contribution in [0.25, 0.3) is 0 Å². The fourth-order valence-electron chi connectivity index (χ4n) is 3.75. The fraction of sp³-hybridized carbons (Fsp3) is 0.533. The maximum absolute atomic E-state index is 12.4. The lowest BCUT2D eigenvalue weighted by atomic mass is 9.88. The van der Waals surface area contributed by atoms with E-state index in [9.17, 15) is 14.9 Å². The van der Waals surface area contributed by atoms with Crippen LogP contribution in [0.5, 0.6) is 0 Å². The van der Waals surface area contributed by atoms with Gasteiger partial charge in [-0.3, -0.25) is 14.9 Å². The van der Waals surface area contributed by atoms with Crippen LogP contribution in [0.1, 0.15) is 31.2 Å². The second-order valence-electron chi connectivity index (χ2n) is 5.98. The van der Waals surface area contributed by atoms with Gasteiger partial charge in [0.2, 0.25) is 5.91 Å². The van der Waals surface area contributed by atoms with E-state index >= 15 is 0 Å². The Balaban J connectivity index is 1.76. The molecule has 2 saturated carbocycles. The quantitative estimate of drug-likeness (QED) is 0.679. The van der Waals surface area contributed by atoms with Gasteiger partial charge in [0, 0.05) is 12.0 Å². The molecule has 0 aliphatic heterocycles. The molecule has 0 heterocycles. The van der Waals surface area contributed by atoms with Crippen molar-refractivity contribution in [2.45, 2.75) is 32.6 Å². The van der Waals surface area contributed by atoms with E-state index in [-0.39, 0.29) is 17.5 Å². The number of carbonyl (C=O) groups excluding carboxylic acids is 1. The summed E-state index contributed by atoms with van der Waals surface area (Å²) < 4.78 is 0. The van der Waals surface area contributed by atoms with Crippen LogP contribution in [-0.4, -0.2) is 10.8 Å². The first-order chi connectivity index (χ1) is 9.56. The van der Waals surface area contributed by atoms with Crippen LogP contribution in [0.15, 0.2) is 18.2 Å². The predicted octanol–water partition coefficient (Wildman–Crippen LogP) is 3.28. The molecule has 3 atom stereocenters. The number of amides is 1. The van der Waals surface area contributed by atoms with Gasteiger partial charge in [0.1, 0.15) is 0 Å². The van der Waals surface area contributed by atoms with E-state index < -0.39 is 4.92 Å². The molecule has 2 bridgehead atoms. The number of nitrogens with zero attached hydrogens (tertiary/aromatic N) is 1. The van der Waals surface area contributed by atoms with Crippen molar-refractivity contribution in [1.29, 1.82) is 0 Å². The van der Waals surface area contributed by atoms with Gasteiger partial charge in [0.25, 0.3) is 5.69 Å². The van der Waals surface area contributed by atoms with Crippen LogP contribution in [-0.2, 0) is 4.79 Å². The Labute approximate surface area is 117 Å². The number of nitrogens with one attached hydrogen (secondary N) is 1. The predicted molar refractivity (Wildman–Crippen MR) is 75.4 cm³/mol. The second-order valence-corrected chi connectivity index (χ2v) is 5.98. The third-order valence-electron chi connectivity index (χ3n) is 4.83. The molecule has 106 valence electrons. The van der Waals surface area contributed by atoms with Crippen molar-refractivity contribution in [3.63, 3.8) is 0 Å². The molecule has 1 amide bonds. The largest absolute Gasteiger partial charge is 0.325 e. The highest BCUT2D eigenvalue weighted by atomic mass is 16.6. The lowest BCUT2D eigenvalue weighted by Gasteiger charge is -2.21. The second kappa shape index (κ2) is 4.89. The van der Waals surface area contributed by atoms with Crippen molar-refractivity contribution in [3.05, 3.63) is 33.9 Å². The van der Waals surface area contributed by atoms with Crippen molar-refractivity contribution in [2.24, 2.45) is 17.8 Å². The molecule has 1 aromatic rings. The summed E-state index contributed by atoms with van der Waals surface area (Å²) in [6.07, 6.45) is 4.55. The van der Waals surface area contributed by atoms with Crippen molar-refractivity contribution in [3.8, 4) is 0 Å². The van der Waals surface area contributed by atoms with Crippen LogP contribution < -0.4 is 5.32 Å². The Bertz CT molecular complexity index is 570. The zero-order valence-electron chi connectivity index (χ0n) is 11.5. The van der Waals surface area contributed by atoms with E-state index in [0.717, 1.165) is 12.8 Å². The van der Waals surface area contributed by atoms with Crippen molar-refractivity contribution in [1.82, 2.24) is 0 Å². The monoisotopic (exact) mass is 274 g/mol. The highest BCUT2D eigenvalue weighted by Crippen LogP contribution is 2.48. The van der Waals surface area contributed by atoms with E-state index in [4.69, 9.17) is 0 Å². The van der Waals surface area contributed by atoms with Crippen LogP contribution >= 0.6 is 0 Å². The first-order valence-electron chi connectivity index (χ1n) is 7.11. The zero-order chi connectivity index (χ0) is 14.3. The molecule has 0 aromatic heterocycles. The maximum Gasteiger partial charge on any atom is 0.274 e. The van der Waals surface area contributed by atoms with E-state index in [1.54, 1.807) is 19.1 Å². The maximum atomic E-state index is 12.4. The third-order valence-corrected chi connectivity index (χ3v) is 4.83. The van der Waals surface area contributed by atoms with Gasteiger partial charge in [0.15, 0.2) is 0 Å². The molecule has 5 heteroatoms. The normalized spacial score (nSPS) is 27.6. The number of nitro groups is 1. The number of rotatable bonds is 3. The van der Waals surface area contributed by atoms with Crippen molar-refractivity contribution < 1.29 is 9.72 Å². The molecule has 20 heavy (non-hydrogen) atoms. The Hall–Kier alpha value is -1.91. The first kappa shape index (κ1) is 13.1. The minimum absolute atomic E-state index is 0.0285. The van der Waals surface area contributed by atoms with Gasteiger partial charge in [-0.25, -0.2) is 0 Å². The summed E-state index contributed by atoms with van der Waals surface area (Å²) in [4.78, 5) is 22.9. The number of hydrogen-bond acceptors (Lipinski definition) is 3. The molecule has 2 aliphatic rings. The molecule has 5 nitrogen and oxygen atoms in total. The van der Waals surface area contributed by atoms with Crippen molar-refractivity contribution >= 4 is 17.3 Å². The van der Waals surface area contributed by atoms with Crippen molar-refractivity contribution in [2.75, 3.05) is 5.32 Å². The fourth-order valence-corrected chi connectivity index (χ4v) is 3.75. The smallest absolute Gasteiger partial charge is 0.274 e. The van der Waals surface area contributed by atoms with Gasteiger partial charge < -0.3 is 5.32 Å². The average Bonchev–Trinajstić information content (AvgIpc) is 3.03. The van der Waals surface area contributed by atoms with Gasteiger partial charge in [-0.15, -0.1) is 0 Å². The number of carbonyl (C=O) groups is 1. The average molecular weight is 274 g/mol. The zero-order valence-corrected chi connectivity index (χ0v) is 11.5. The van der Waals surface area contributed by atoms with Crippen LogP contribution in [0, 0.1) is 34.8 Å². The first-order valence-corrected chi connectivity index (χ1v) is 7.11. The van der Waals surface area contributed by atoms with Gasteiger partial charge in [-0.1, -0.05) is 12.5 Å². The topological polar surface area (TPSA) is 72.2 Å². The molecule has 1 aromatic carbocycles. The van der Waals surface area contributed by atoms with Crippen LogP contribution in [0.4, 0.5) is 11.4 Å². The minimum atomic E-state index is -0.414. The van der Waals surface area contributed by atoms with Gasteiger partial charge >= 0.3 is 0 Å². The summed E-state index contributed by atoms with van der Waals surface area (Å²) in [7, 11) is 0. The van der Waals surface area contributed by atoms with Crippen LogP contribution in [0.2, 0.25) is 0 Å². The molecule has 1 N–H and O–H groups in total. The summed E-state index contributed by atoms with van der Waals surface area (Å²) >= 11 is 0. The Kier molecular flexibility index (Phi) is 3.20. The Morgan fingerprint density at radius 3 is 2.75 bits per heavy atom. The number of hydrogen-bond donors (Lipinski definition) is 1. The molecular weight excluding hydrogens is 256 g/mol. The minimum Gasteiger partial charge on any atom is -0.325 e. The number of nitro benzene ring substituents is 1. The van der Waals surface area contributed by atoms with Gasteiger partial charge in [0.05, 0.1) is 16.2 Å². The van der Waals surface area contributed by atoms with Gasteiger partial charge in [-0.2, -0.15) is 0 Å². The SMILES string of the molecule is Cc1c(NC(=O)C2CC3CCC2C3)cccc1[N+](=O)[O-]. The lowest BCUT2D eigenvalue weighted by molar-refractivity contribution is -0.385. The van der Waals surface area contributed by atoms with Crippen LogP contribution in [0.3, 0.4) is 0 Å². The lowest BCUT2D eigenvalue weighted by Crippen LogP contribution is -2.27. The number of fused-ring (bicyclic) bond motifs is 2. The van der Waals surface area contributed by atoms with E-state index in [2.05, 4.69) is 5.32 Å². The molecule has 0 radical (unpaired) electrons. The van der Waals surface area contributed by atoms with E-state index in [1.165, 1.54) is 18.9 Å². The highest BCUT2D eigenvalue weighted by Gasteiger charge is 2.43. The summed E-state index contributed by atoms with van der Waals surface area (Å²) in [6, 6.07) is 4.80. The van der Waals surface area contributed by atoms with E-state index in [1.807, 2.05) is 0 Å². The molecule has 2 fully saturated rings. The molecule has 0 saturated heterocycles. The summed E-state index contributed by atoms with van der Waals surface area (Å²) in [6.45, 7) is 1.68. The van der Waals surface area contributed by atoms with E-state index in [0.29, 0.717) is 23.1 Å². The Morgan fingerprint density at radius 2 is 2.15 bits per heavy atom. The molecule has 3 rings (SSSR count). The highest BCUT2D eigenvalue weighted by molar-refractivity contribution is 5.94. The third kappa shape index (κ3) is 2.17. The summed E-state index contributed by atoms with van der Waals surface area (Å²) in [5.41, 5.74) is 1.14. The molecule has 2 aliphatic carbocycles. The number of anilines is 1. The van der Waals surface area contributed by atoms with Gasteiger partial charge in [-0.05, 0) is 44.1 Å².